The van der Waals surface area contributed by atoms with Crippen LogP contribution >= 0.6 is 11.6 Å². The van der Waals surface area contributed by atoms with Crippen LogP contribution in [0.1, 0.15) is 24.5 Å². The van der Waals surface area contributed by atoms with Gasteiger partial charge in [-0.1, -0.05) is 23.7 Å². The highest BCUT2D eigenvalue weighted by Gasteiger charge is 2.27. The van der Waals surface area contributed by atoms with Gasteiger partial charge in [-0.05, 0) is 37.1 Å². The van der Waals surface area contributed by atoms with Crippen LogP contribution in [0.2, 0.25) is 5.02 Å². The van der Waals surface area contributed by atoms with E-state index in [1.165, 1.54) is 0 Å². The minimum atomic E-state index is -0.745. The van der Waals surface area contributed by atoms with Gasteiger partial charge >= 0.3 is 6.09 Å². The number of ether oxygens (including phenoxy) is 1. The topological polar surface area (TPSA) is 64.4 Å². The Morgan fingerprint density at radius 3 is 3.00 bits per heavy atom. The summed E-state index contributed by atoms with van der Waals surface area (Å²) >= 11 is 5.98. The Balaban J connectivity index is 2.20. The van der Waals surface area contributed by atoms with Gasteiger partial charge in [0.1, 0.15) is 6.10 Å². The number of hydrogen-bond acceptors (Lipinski definition) is 3. The number of nitrogens with one attached hydrogen (secondary N) is 1. The van der Waals surface area contributed by atoms with Crippen molar-refractivity contribution >= 4 is 17.7 Å². The second kappa shape index (κ2) is 6.07. The minimum absolute atomic E-state index is 0.240. The Hall–Kier alpha value is -1.26. The number of halogens is 1. The van der Waals surface area contributed by atoms with E-state index in [-0.39, 0.29) is 12.0 Å². The van der Waals surface area contributed by atoms with E-state index in [1.807, 2.05) is 18.2 Å². The van der Waals surface area contributed by atoms with E-state index in [0.29, 0.717) is 5.02 Å². The van der Waals surface area contributed by atoms with Gasteiger partial charge in [-0.25, -0.2) is 4.79 Å². The van der Waals surface area contributed by atoms with Crippen molar-refractivity contribution in [1.82, 2.24) is 5.32 Å². The number of rotatable bonds is 3. The first-order valence-electron chi connectivity index (χ1n) is 6.09. The van der Waals surface area contributed by atoms with Gasteiger partial charge in [0.25, 0.3) is 0 Å². The highest BCUT2D eigenvalue weighted by atomic mass is 35.5. The summed E-state index contributed by atoms with van der Waals surface area (Å²) < 4.78 is 5.27. The molecule has 0 aromatic heterocycles. The summed E-state index contributed by atoms with van der Waals surface area (Å²) in [6, 6.07) is 7.38. The number of carbonyl (C=O) groups excluding carboxylic acids is 1. The zero-order valence-corrected chi connectivity index (χ0v) is 10.8. The van der Waals surface area contributed by atoms with Crippen molar-refractivity contribution in [2.45, 2.75) is 18.9 Å². The molecular weight excluding hydrogens is 252 g/mol. The minimum Gasteiger partial charge on any atom is -0.441 e. The van der Waals surface area contributed by atoms with Gasteiger partial charge in [-0.3, -0.25) is 0 Å². The zero-order chi connectivity index (χ0) is 13.0. The van der Waals surface area contributed by atoms with Crippen LogP contribution in [0.3, 0.4) is 0 Å². The first-order chi connectivity index (χ1) is 8.66. The molecule has 1 aliphatic heterocycles. The van der Waals surface area contributed by atoms with E-state index in [0.717, 1.165) is 31.5 Å². The predicted molar refractivity (Wildman–Crippen MR) is 70.5 cm³/mol. The molecule has 2 rings (SSSR count). The molecule has 1 heterocycles. The average molecular weight is 269 g/mol. The van der Waals surface area contributed by atoms with Gasteiger partial charge in [-0.15, -0.1) is 0 Å². The highest BCUT2D eigenvalue weighted by Crippen LogP contribution is 2.31. The standard InChI is InChI=1S/C13H17ClN2O2/c14-11-5-1-3-9(7-11)12(18-13(15)17)10-4-2-6-16-8-10/h1,3,5,7,10,12,16H,2,4,6,8H2,(H2,15,17). The van der Waals surface area contributed by atoms with Gasteiger partial charge in [-0.2, -0.15) is 0 Å². The van der Waals surface area contributed by atoms with Crippen molar-refractivity contribution in [2.24, 2.45) is 11.7 Å². The van der Waals surface area contributed by atoms with Gasteiger partial charge in [0.05, 0.1) is 0 Å². The third-order valence-electron chi connectivity index (χ3n) is 3.18. The lowest BCUT2D eigenvalue weighted by molar-refractivity contribution is 0.0583. The fraction of sp³-hybridized carbons (Fsp3) is 0.462. The third-order valence-corrected chi connectivity index (χ3v) is 3.42. The van der Waals surface area contributed by atoms with Crippen molar-refractivity contribution in [3.8, 4) is 0 Å². The molecule has 5 heteroatoms. The van der Waals surface area contributed by atoms with Crippen LogP contribution in [-0.2, 0) is 4.74 Å². The molecule has 1 aromatic rings. The monoisotopic (exact) mass is 268 g/mol. The Morgan fingerprint density at radius 2 is 2.39 bits per heavy atom. The van der Waals surface area contributed by atoms with Crippen molar-refractivity contribution in [3.05, 3.63) is 34.9 Å². The molecule has 18 heavy (non-hydrogen) atoms. The quantitative estimate of drug-likeness (QED) is 0.885. The van der Waals surface area contributed by atoms with E-state index >= 15 is 0 Å². The van der Waals surface area contributed by atoms with Crippen LogP contribution in [0.25, 0.3) is 0 Å². The van der Waals surface area contributed by atoms with E-state index in [1.54, 1.807) is 6.07 Å². The van der Waals surface area contributed by atoms with Crippen molar-refractivity contribution in [2.75, 3.05) is 13.1 Å². The second-order valence-electron chi connectivity index (χ2n) is 4.52. The second-order valence-corrected chi connectivity index (χ2v) is 4.96. The molecule has 1 aromatic carbocycles. The van der Waals surface area contributed by atoms with Gasteiger partial charge in [0.15, 0.2) is 0 Å². The Kier molecular flexibility index (Phi) is 4.44. The van der Waals surface area contributed by atoms with Gasteiger partial charge < -0.3 is 15.8 Å². The van der Waals surface area contributed by atoms with Crippen molar-refractivity contribution < 1.29 is 9.53 Å². The van der Waals surface area contributed by atoms with E-state index < -0.39 is 6.09 Å². The molecule has 3 N–H and O–H groups in total. The molecule has 4 nitrogen and oxygen atoms in total. The van der Waals surface area contributed by atoms with E-state index in [9.17, 15) is 4.79 Å². The van der Waals surface area contributed by atoms with Crippen molar-refractivity contribution in [1.29, 1.82) is 0 Å². The summed E-state index contributed by atoms with van der Waals surface area (Å²) in [5.74, 6) is 0.240. The number of primary amides is 1. The molecule has 1 fully saturated rings. The smallest absolute Gasteiger partial charge is 0.405 e. The van der Waals surface area contributed by atoms with E-state index in [2.05, 4.69) is 5.32 Å². The maximum Gasteiger partial charge on any atom is 0.405 e. The number of benzene rings is 1. The Morgan fingerprint density at radius 1 is 1.56 bits per heavy atom. The number of piperidine rings is 1. The molecule has 1 saturated heterocycles. The van der Waals surface area contributed by atoms with E-state index in [4.69, 9.17) is 22.1 Å². The molecule has 2 unspecified atom stereocenters. The lowest BCUT2D eigenvalue weighted by Gasteiger charge is -2.30. The summed E-state index contributed by atoms with van der Waals surface area (Å²) in [5.41, 5.74) is 6.06. The van der Waals surface area contributed by atoms with Crippen molar-refractivity contribution in [3.63, 3.8) is 0 Å². The predicted octanol–water partition coefficient (Wildman–Crippen LogP) is 2.48. The number of carbonyl (C=O) groups is 1. The SMILES string of the molecule is NC(=O)OC(c1cccc(Cl)c1)C1CCCNC1. The summed E-state index contributed by atoms with van der Waals surface area (Å²) in [6.07, 6.45) is 1.01. The van der Waals surface area contributed by atoms with Crippen LogP contribution in [0.15, 0.2) is 24.3 Å². The molecular formula is C13H17ClN2O2. The number of nitrogens with two attached hydrogens (primary N) is 1. The maximum absolute atomic E-state index is 11.1. The molecule has 98 valence electrons. The molecule has 0 bridgehead atoms. The third kappa shape index (κ3) is 3.37. The lowest BCUT2D eigenvalue weighted by Crippen LogP contribution is -2.35. The average Bonchev–Trinajstić information content (AvgIpc) is 2.37. The molecule has 0 saturated carbocycles. The van der Waals surface area contributed by atoms with Crippen LogP contribution in [-0.4, -0.2) is 19.2 Å². The van der Waals surface area contributed by atoms with Gasteiger partial charge in [0, 0.05) is 17.5 Å². The molecule has 1 aliphatic rings. The molecule has 0 radical (unpaired) electrons. The first kappa shape index (κ1) is 13.2. The van der Waals surface area contributed by atoms with Crippen LogP contribution in [0, 0.1) is 5.92 Å². The zero-order valence-electron chi connectivity index (χ0n) is 10.1. The Bertz CT molecular complexity index is 419. The van der Waals surface area contributed by atoms with Crippen LogP contribution in [0.4, 0.5) is 4.79 Å². The fourth-order valence-corrected chi connectivity index (χ4v) is 2.58. The summed E-state index contributed by atoms with van der Waals surface area (Å²) in [6.45, 7) is 1.83. The normalized spacial score (nSPS) is 21.3. The number of hydrogen-bond donors (Lipinski definition) is 2. The van der Waals surface area contributed by atoms with Crippen LogP contribution < -0.4 is 11.1 Å². The molecule has 0 spiro atoms. The lowest BCUT2D eigenvalue weighted by atomic mass is 9.89. The molecule has 0 aliphatic carbocycles. The maximum atomic E-state index is 11.1. The highest BCUT2D eigenvalue weighted by molar-refractivity contribution is 6.30. The molecule has 2 atom stereocenters. The largest absolute Gasteiger partial charge is 0.441 e. The van der Waals surface area contributed by atoms with Gasteiger partial charge in [0.2, 0.25) is 0 Å². The summed E-state index contributed by atoms with van der Waals surface area (Å²) in [4.78, 5) is 11.1. The summed E-state index contributed by atoms with van der Waals surface area (Å²) in [5, 5.41) is 3.94. The summed E-state index contributed by atoms with van der Waals surface area (Å²) in [7, 11) is 0. The molecule has 1 amide bonds. The first-order valence-corrected chi connectivity index (χ1v) is 6.47. The number of amides is 1. The fourth-order valence-electron chi connectivity index (χ4n) is 2.38. The van der Waals surface area contributed by atoms with Crippen LogP contribution in [0.5, 0.6) is 0 Å². The Labute approximate surface area is 111 Å².